The molecule has 74 valence electrons. The van der Waals surface area contributed by atoms with Gasteiger partial charge in [0.05, 0.1) is 0 Å². The van der Waals surface area contributed by atoms with Crippen molar-refractivity contribution >= 4 is 21.7 Å². The van der Waals surface area contributed by atoms with Crippen LogP contribution in [-0.4, -0.2) is 11.5 Å². The number of nitrogens with zero attached hydrogens (tertiary/aromatic N) is 1. The van der Waals surface area contributed by atoms with Crippen molar-refractivity contribution in [1.29, 1.82) is 0 Å². The molecule has 0 aliphatic carbocycles. The van der Waals surface area contributed by atoms with E-state index in [9.17, 15) is 4.39 Å². The van der Waals surface area contributed by atoms with E-state index in [0.717, 1.165) is 0 Å². The molecule has 0 radical (unpaired) electrons. The van der Waals surface area contributed by atoms with Gasteiger partial charge in [-0.05, 0) is 28.9 Å². The zero-order valence-corrected chi connectivity index (χ0v) is 9.36. The second-order valence-corrected chi connectivity index (χ2v) is 3.50. The van der Waals surface area contributed by atoms with E-state index in [-0.39, 0.29) is 11.6 Å². The number of rotatable bonds is 3. The predicted octanol–water partition coefficient (Wildman–Crippen LogP) is 2.81. The van der Waals surface area contributed by atoms with Crippen LogP contribution in [-0.2, 0) is 0 Å². The average molecular weight is 257 g/mol. The zero-order valence-electron chi connectivity index (χ0n) is 7.77. The van der Waals surface area contributed by atoms with Crippen LogP contribution in [0, 0.1) is 17.7 Å². The normalized spacial score (nSPS) is 9.07. The van der Waals surface area contributed by atoms with Gasteiger partial charge in [0, 0.05) is 23.6 Å². The Morgan fingerprint density at radius 2 is 2.43 bits per heavy atom. The molecule has 1 N–H and O–H groups in total. The second kappa shape index (κ2) is 5.61. The van der Waals surface area contributed by atoms with Crippen molar-refractivity contribution in [3.63, 3.8) is 0 Å². The van der Waals surface area contributed by atoms with Crippen molar-refractivity contribution in [1.82, 2.24) is 4.98 Å². The van der Waals surface area contributed by atoms with Gasteiger partial charge in [0.2, 0.25) is 0 Å². The highest BCUT2D eigenvalue weighted by molar-refractivity contribution is 9.10. The van der Waals surface area contributed by atoms with E-state index >= 15 is 0 Å². The van der Waals surface area contributed by atoms with Crippen molar-refractivity contribution in [3.05, 3.63) is 22.6 Å². The predicted molar refractivity (Wildman–Crippen MR) is 58.5 cm³/mol. The van der Waals surface area contributed by atoms with Crippen molar-refractivity contribution in [2.75, 3.05) is 11.9 Å². The maximum absolute atomic E-state index is 13.2. The van der Waals surface area contributed by atoms with Crippen molar-refractivity contribution in [3.8, 4) is 11.8 Å². The van der Waals surface area contributed by atoms with Gasteiger partial charge in [0.25, 0.3) is 0 Å². The SMILES string of the molecule is CC#CCCNc1ncc(Br)cc1F. The van der Waals surface area contributed by atoms with Gasteiger partial charge in [0.15, 0.2) is 11.6 Å². The molecule has 0 aliphatic rings. The van der Waals surface area contributed by atoms with Crippen LogP contribution >= 0.6 is 15.9 Å². The Hall–Kier alpha value is -1.08. The summed E-state index contributed by atoms with van der Waals surface area (Å²) in [7, 11) is 0. The summed E-state index contributed by atoms with van der Waals surface area (Å²) in [5, 5.41) is 2.87. The summed E-state index contributed by atoms with van der Waals surface area (Å²) in [4.78, 5) is 3.89. The van der Waals surface area contributed by atoms with Crippen LogP contribution in [0.5, 0.6) is 0 Å². The Labute approximate surface area is 91.1 Å². The summed E-state index contributed by atoms with van der Waals surface area (Å²) in [5.41, 5.74) is 0. The van der Waals surface area contributed by atoms with Gasteiger partial charge in [0.1, 0.15) is 0 Å². The van der Waals surface area contributed by atoms with E-state index in [1.807, 2.05) is 0 Å². The number of halogens is 2. The van der Waals surface area contributed by atoms with Gasteiger partial charge in [-0.25, -0.2) is 9.37 Å². The highest BCUT2D eigenvalue weighted by Gasteiger charge is 2.02. The third-order valence-corrected chi connectivity index (χ3v) is 1.96. The van der Waals surface area contributed by atoms with Crippen LogP contribution in [0.2, 0.25) is 0 Å². The van der Waals surface area contributed by atoms with Crippen molar-refractivity contribution in [2.45, 2.75) is 13.3 Å². The lowest BCUT2D eigenvalue weighted by atomic mass is 10.4. The molecule has 0 aromatic carbocycles. The molecule has 0 saturated heterocycles. The van der Waals surface area contributed by atoms with E-state index in [1.165, 1.54) is 6.07 Å². The maximum Gasteiger partial charge on any atom is 0.166 e. The lowest BCUT2D eigenvalue weighted by Crippen LogP contribution is -2.04. The highest BCUT2D eigenvalue weighted by atomic mass is 79.9. The molecule has 0 unspecified atom stereocenters. The van der Waals surface area contributed by atoms with Gasteiger partial charge < -0.3 is 5.32 Å². The molecule has 14 heavy (non-hydrogen) atoms. The number of hydrogen-bond acceptors (Lipinski definition) is 2. The third-order valence-electron chi connectivity index (χ3n) is 1.53. The molecule has 0 bridgehead atoms. The van der Waals surface area contributed by atoms with Crippen LogP contribution in [0.4, 0.5) is 10.2 Å². The molecule has 2 nitrogen and oxygen atoms in total. The van der Waals surface area contributed by atoms with Gasteiger partial charge >= 0.3 is 0 Å². The van der Waals surface area contributed by atoms with Crippen LogP contribution in [0.25, 0.3) is 0 Å². The first-order chi connectivity index (χ1) is 6.74. The molecule has 1 rings (SSSR count). The maximum atomic E-state index is 13.2. The molecule has 0 amide bonds. The van der Waals surface area contributed by atoms with E-state index in [1.54, 1.807) is 13.1 Å². The summed E-state index contributed by atoms with van der Waals surface area (Å²) >= 11 is 3.14. The molecule has 0 atom stereocenters. The number of anilines is 1. The first-order valence-electron chi connectivity index (χ1n) is 4.18. The Balaban J connectivity index is 2.53. The van der Waals surface area contributed by atoms with Crippen LogP contribution in [0.15, 0.2) is 16.7 Å². The molecular weight excluding hydrogens is 247 g/mol. The quantitative estimate of drug-likeness (QED) is 0.665. The molecular formula is C10H10BrFN2. The van der Waals surface area contributed by atoms with Gasteiger partial charge in [-0.1, -0.05) is 0 Å². The topological polar surface area (TPSA) is 24.9 Å². The first kappa shape index (κ1) is 11.0. The Morgan fingerprint density at radius 3 is 3.07 bits per heavy atom. The van der Waals surface area contributed by atoms with Crippen molar-refractivity contribution < 1.29 is 4.39 Å². The van der Waals surface area contributed by atoms with Gasteiger partial charge in [-0.3, -0.25) is 0 Å². The molecule has 0 aliphatic heterocycles. The van der Waals surface area contributed by atoms with Gasteiger partial charge in [-0.15, -0.1) is 11.8 Å². The summed E-state index contributed by atoms with van der Waals surface area (Å²) in [5.74, 6) is 5.56. The molecule has 0 spiro atoms. The van der Waals surface area contributed by atoms with Crippen LogP contribution < -0.4 is 5.32 Å². The molecule has 1 aromatic rings. The van der Waals surface area contributed by atoms with Gasteiger partial charge in [-0.2, -0.15) is 0 Å². The first-order valence-corrected chi connectivity index (χ1v) is 4.98. The van der Waals surface area contributed by atoms with Crippen LogP contribution in [0.3, 0.4) is 0 Å². The fourth-order valence-corrected chi connectivity index (χ4v) is 1.22. The van der Waals surface area contributed by atoms with Crippen LogP contribution in [0.1, 0.15) is 13.3 Å². The lowest BCUT2D eigenvalue weighted by molar-refractivity contribution is 0.623. The molecule has 0 fully saturated rings. The monoisotopic (exact) mass is 256 g/mol. The minimum Gasteiger partial charge on any atom is -0.367 e. The summed E-state index contributed by atoms with van der Waals surface area (Å²) in [6.07, 6.45) is 2.24. The lowest BCUT2D eigenvalue weighted by Gasteiger charge is -2.03. The van der Waals surface area contributed by atoms with E-state index in [4.69, 9.17) is 0 Å². The Kier molecular flexibility index (Phi) is 4.41. The zero-order chi connectivity index (χ0) is 10.4. The Morgan fingerprint density at radius 1 is 1.64 bits per heavy atom. The number of pyridine rings is 1. The standard InChI is InChI=1S/C10H10BrFN2/c1-2-3-4-5-13-10-9(12)6-8(11)7-14-10/h6-7H,4-5H2,1H3,(H,13,14). The fraction of sp³-hybridized carbons (Fsp3) is 0.300. The fourth-order valence-electron chi connectivity index (χ4n) is 0.913. The summed E-state index contributed by atoms with van der Waals surface area (Å²) in [6, 6.07) is 1.38. The molecule has 4 heteroatoms. The largest absolute Gasteiger partial charge is 0.367 e. The number of hydrogen-bond donors (Lipinski definition) is 1. The molecule has 0 saturated carbocycles. The van der Waals surface area contributed by atoms with E-state index < -0.39 is 0 Å². The smallest absolute Gasteiger partial charge is 0.166 e. The number of aromatic nitrogens is 1. The minimum atomic E-state index is -0.358. The second-order valence-electron chi connectivity index (χ2n) is 2.59. The molecule has 1 aromatic heterocycles. The van der Waals surface area contributed by atoms with E-state index in [0.29, 0.717) is 17.4 Å². The Bertz CT molecular complexity index is 368. The number of nitrogens with one attached hydrogen (secondary N) is 1. The minimum absolute atomic E-state index is 0.270. The molecule has 1 heterocycles. The average Bonchev–Trinajstić information content (AvgIpc) is 2.15. The summed E-state index contributed by atoms with van der Waals surface area (Å²) in [6.45, 7) is 2.38. The third kappa shape index (κ3) is 3.35. The summed E-state index contributed by atoms with van der Waals surface area (Å²) < 4.78 is 13.8. The highest BCUT2D eigenvalue weighted by Crippen LogP contribution is 2.15. The van der Waals surface area contributed by atoms with E-state index in [2.05, 4.69) is 38.1 Å². The van der Waals surface area contributed by atoms with Crippen molar-refractivity contribution in [2.24, 2.45) is 0 Å².